The van der Waals surface area contributed by atoms with Crippen LogP contribution in [-0.4, -0.2) is 28.2 Å². The Kier molecular flexibility index (Phi) is 4.45. The maximum atomic E-state index is 5.79. The van der Waals surface area contributed by atoms with Gasteiger partial charge in [-0.3, -0.25) is 0 Å². The van der Waals surface area contributed by atoms with Crippen LogP contribution in [-0.2, 0) is 6.61 Å². The number of rotatable bonds is 6. The maximum Gasteiger partial charge on any atom is 0.161 e. The van der Waals surface area contributed by atoms with E-state index in [0.29, 0.717) is 18.1 Å². The van der Waals surface area contributed by atoms with Crippen LogP contribution >= 0.6 is 11.3 Å². The summed E-state index contributed by atoms with van der Waals surface area (Å²) in [5.74, 6) is 1.38. The van der Waals surface area contributed by atoms with E-state index in [4.69, 9.17) is 9.47 Å². The van der Waals surface area contributed by atoms with Gasteiger partial charge >= 0.3 is 0 Å². The number of hydrogen-bond donors (Lipinski definition) is 0. The minimum atomic E-state index is 0.530. The van der Waals surface area contributed by atoms with Gasteiger partial charge in [-0.25, -0.2) is 4.68 Å². The topological polar surface area (TPSA) is 61.5 Å². The van der Waals surface area contributed by atoms with E-state index in [0.717, 1.165) is 5.56 Å². The van der Waals surface area contributed by atoms with E-state index in [-0.39, 0.29) is 0 Å². The van der Waals surface area contributed by atoms with Crippen LogP contribution in [0, 0.1) is 0 Å². The van der Waals surface area contributed by atoms with Gasteiger partial charge in [0.1, 0.15) is 19.3 Å². The zero-order chi connectivity index (χ0) is 15.2. The van der Waals surface area contributed by atoms with Crippen molar-refractivity contribution < 1.29 is 9.47 Å². The predicted octanol–water partition coefficient (Wildman–Crippen LogP) is 2.81. The number of ether oxygens (including phenoxy) is 2. The summed E-state index contributed by atoms with van der Waals surface area (Å²) in [5.41, 5.74) is 0.897. The highest BCUT2D eigenvalue weighted by molar-refractivity contribution is 7.09. The molecule has 0 aliphatic rings. The van der Waals surface area contributed by atoms with Crippen LogP contribution in [0.2, 0.25) is 0 Å². The lowest BCUT2D eigenvalue weighted by Crippen LogP contribution is -1.97. The molecule has 112 valence electrons. The molecule has 0 N–H and O–H groups in total. The van der Waals surface area contributed by atoms with E-state index in [1.807, 2.05) is 35.7 Å². The quantitative estimate of drug-likeness (QED) is 0.656. The van der Waals surface area contributed by atoms with Gasteiger partial charge < -0.3 is 9.47 Å². The molecule has 0 aliphatic heterocycles. The standard InChI is InChI=1S/C15H14N4O2S/c1-20-15-7-12(8-18-19-10-16-17-11-19)4-5-14(15)21-9-13-3-2-6-22-13/h2-8,10-11H,9H2,1H3/b18-8-. The van der Waals surface area contributed by atoms with Crippen molar-refractivity contribution in [1.29, 1.82) is 0 Å². The summed E-state index contributed by atoms with van der Waals surface area (Å²) in [5, 5.41) is 13.6. The number of nitrogens with zero attached hydrogens (tertiary/aromatic N) is 4. The molecule has 2 aromatic heterocycles. The fourth-order valence-electron chi connectivity index (χ4n) is 1.82. The average molecular weight is 314 g/mol. The van der Waals surface area contributed by atoms with Gasteiger partial charge in [0.25, 0.3) is 0 Å². The maximum absolute atomic E-state index is 5.79. The van der Waals surface area contributed by atoms with Crippen LogP contribution < -0.4 is 9.47 Å². The van der Waals surface area contributed by atoms with E-state index in [2.05, 4.69) is 15.3 Å². The van der Waals surface area contributed by atoms with Gasteiger partial charge in [0, 0.05) is 4.88 Å². The lowest BCUT2D eigenvalue weighted by atomic mass is 10.2. The van der Waals surface area contributed by atoms with E-state index < -0.39 is 0 Å². The van der Waals surface area contributed by atoms with Crippen molar-refractivity contribution in [3.63, 3.8) is 0 Å². The van der Waals surface area contributed by atoms with E-state index in [1.165, 1.54) is 22.2 Å². The van der Waals surface area contributed by atoms with Crippen LogP contribution in [0.4, 0.5) is 0 Å². The summed E-state index contributed by atoms with van der Waals surface area (Å²) in [6.07, 6.45) is 4.74. The first-order chi connectivity index (χ1) is 10.8. The number of thiophene rings is 1. The van der Waals surface area contributed by atoms with Crippen LogP contribution in [0.3, 0.4) is 0 Å². The molecule has 0 spiro atoms. The first kappa shape index (κ1) is 14.3. The van der Waals surface area contributed by atoms with Crippen molar-refractivity contribution in [1.82, 2.24) is 14.9 Å². The van der Waals surface area contributed by atoms with Gasteiger partial charge in [0.15, 0.2) is 11.5 Å². The summed E-state index contributed by atoms with van der Waals surface area (Å²) in [4.78, 5) is 1.17. The molecule has 3 aromatic rings. The Morgan fingerprint density at radius 1 is 1.23 bits per heavy atom. The predicted molar refractivity (Wildman–Crippen MR) is 84.7 cm³/mol. The highest BCUT2D eigenvalue weighted by Crippen LogP contribution is 2.28. The van der Waals surface area contributed by atoms with Gasteiger partial charge in [0.05, 0.1) is 13.3 Å². The van der Waals surface area contributed by atoms with Crippen molar-refractivity contribution in [2.75, 3.05) is 7.11 Å². The number of methoxy groups -OCH3 is 1. The molecule has 0 fully saturated rings. The zero-order valence-corrected chi connectivity index (χ0v) is 12.7. The fraction of sp³-hybridized carbons (Fsp3) is 0.133. The third-order valence-corrected chi connectivity index (χ3v) is 3.73. The van der Waals surface area contributed by atoms with Crippen molar-refractivity contribution in [2.24, 2.45) is 5.10 Å². The molecular weight excluding hydrogens is 300 g/mol. The SMILES string of the molecule is COc1cc(/C=N\n2cnnc2)ccc1OCc1cccs1. The first-order valence-electron chi connectivity index (χ1n) is 6.57. The fourth-order valence-corrected chi connectivity index (χ4v) is 2.43. The van der Waals surface area contributed by atoms with E-state index in [9.17, 15) is 0 Å². The van der Waals surface area contributed by atoms with E-state index >= 15 is 0 Å². The van der Waals surface area contributed by atoms with Gasteiger partial charge in [-0.2, -0.15) is 5.10 Å². The molecule has 0 amide bonds. The molecule has 3 rings (SSSR count). The molecule has 0 saturated carbocycles. The smallest absolute Gasteiger partial charge is 0.161 e. The minimum Gasteiger partial charge on any atom is -0.493 e. The van der Waals surface area contributed by atoms with Crippen molar-refractivity contribution in [2.45, 2.75) is 6.61 Å². The molecular formula is C15H14N4O2S. The van der Waals surface area contributed by atoms with Crippen molar-refractivity contribution in [3.8, 4) is 11.5 Å². The number of benzene rings is 1. The minimum absolute atomic E-state index is 0.530. The molecule has 0 saturated heterocycles. The van der Waals surface area contributed by atoms with E-state index in [1.54, 1.807) is 24.7 Å². The molecule has 2 heterocycles. The van der Waals surface area contributed by atoms with Crippen LogP contribution in [0.1, 0.15) is 10.4 Å². The average Bonchev–Trinajstić information content (AvgIpc) is 3.24. The van der Waals surface area contributed by atoms with Crippen molar-refractivity contribution >= 4 is 17.6 Å². The highest BCUT2D eigenvalue weighted by atomic mass is 32.1. The molecule has 22 heavy (non-hydrogen) atoms. The monoisotopic (exact) mass is 314 g/mol. The van der Waals surface area contributed by atoms with Gasteiger partial charge in [-0.15, -0.1) is 21.5 Å². The normalized spacial score (nSPS) is 11.0. The molecule has 6 nitrogen and oxygen atoms in total. The van der Waals surface area contributed by atoms with Gasteiger partial charge in [-0.05, 0) is 35.2 Å². The Morgan fingerprint density at radius 3 is 2.82 bits per heavy atom. The summed E-state index contributed by atoms with van der Waals surface area (Å²) in [7, 11) is 1.62. The summed E-state index contributed by atoms with van der Waals surface area (Å²) < 4.78 is 12.7. The van der Waals surface area contributed by atoms with Gasteiger partial charge in [-0.1, -0.05) is 6.07 Å². The van der Waals surface area contributed by atoms with Gasteiger partial charge in [0.2, 0.25) is 0 Å². The largest absolute Gasteiger partial charge is 0.493 e. The number of hydrogen-bond acceptors (Lipinski definition) is 6. The Balaban J connectivity index is 1.72. The zero-order valence-electron chi connectivity index (χ0n) is 11.9. The van der Waals surface area contributed by atoms with Crippen LogP contribution in [0.15, 0.2) is 53.5 Å². The number of aromatic nitrogens is 3. The Labute approximate surface area is 131 Å². The molecule has 0 radical (unpaired) electrons. The Hall–Kier alpha value is -2.67. The third kappa shape index (κ3) is 3.50. The lowest BCUT2D eigenvalue weighted by molar-refractivity contribution is 0.287. The second kappa shape index (κ2) is 6.86. The molecule has 0 aliphatic carbocycles. The van der Waals surface area contributed by atoms with Crippen molar-refractivity contribution in [3.05, 3.63) is 58.8 Å². The Bertz CT molecular complexity index is 739. The first-order valence-corrected chi connectivity index (χ1v) is 7.45. The lowest BCUT2D eigenvalue weighted by Gasteiger charge is -2.10. The molecule has 7 heteroatoms. The molecule has 0 unspecified atom stereocenters. The molecule has 0 bridgehead atoms. The van der Waals surface area contributed by atoms with Crippen LogP contribution in [0.5, 0.6) is 11.5 Å². The Morgan fingerprint density at radius 2 is 2.09 bits per heavy atom. The second-order valence-corrected chi connectivity index (χ2v) is 5.40. The second-order valence-electron chi connectivity index (χ2n) is 4.36. The van der Waals surface area contributed by atoms with Crippen LogP contribution in [0.25, 0.3) is 0 Å². The summed E-state index contributed by atoms with van der Waals surface area (Å²) in [6.45, 7) is 0.530. The summed E-state index contributed by atoms with van der Waals surface area (Å²) >= 11 is 1.66. The highest BCUT2D eigenvalue weighted by Gasteiger charge is 2.06. The molecule has 1 aromatic carbocycles. The molecule has 0 atom stereocenters. The third-order valence-electron chi connectivity index (χ3n) is 2.88. The summed E-state index contributed by atoms with van der Waals surface area (Å²) in [6, 6.07) is 9.71.